The highest BCUT2D eigenvalue weighted by Gasteiger charge is 2.05. The zero-order chi connectivity index (χ0) is 16.5. The minimum absolute atomic E-state index is 0.191. The van der Waals surface area contributed by atoms with Crippen molar-refractivity contribution in [2.45, 2.75) is 13.5 Å². The molecule has 1 aromatic heterocycles. The number of nitrogens with one attached hydrogen (secondary N) is 1. The van der Waals surface area contributed by atoms with Crippen molar-refractivity contribution in [3.8, 4) is 0 Å². The van der Waals surface area contributed by atoms with Gasteiger partial charge in [-0.2, -0.15) is 0 Å². The molecule has 0 spiro atoms. The summed E-state index contributed by atoms with van der Waals surface area (Å²) in [6.45, 7) is 2.50. The molecule has 0 aliphatic heterocycles. The molecular weight excluding hydrogens is 292 g/mol. The van der Waals surface area contributed by atoms with Gasteiger partial charge in [0.05, 0.1) is 12.2 Å². The molecule has 0 unspecified atom stereocenters. The van der Waals surface area contributed by atoms with Gasteiger partial charge in [-0.05, 0) is 42.3 Å². The summed E-state index contributed by atoms with van der Waals surface area (Å²) in [5.41, 5.74) is 2.26. The fourth-order valence-electron chi connectivity index (χ4n) is 1.87. The Morgan fingerprint density at radius 3 is 2.65 bits per heavy atom. The predicted molar refractivity (Wildman–Crippen MR) is 87.5 cm³/mol. The molecule has 2 aromatic rings. The summed E-state index contributed by atoms with van der Waals surface area (Å²) >= 11 is 0. The van der Waals surface area contributed by atoms with Gasteiger partial charge >= 0.3 is 5.97 Å². The van der Waals surface area contributed by atoms with Gasteiger partial charge < -0.3 is 10.1 Å². The van der Waals surface area contributed by atoms with Gasteiger partial charge in [-0.25, -0.2) is 4.79 Å². The summed E-state index contributed by atoms with van der Waals surface area (Å²) < 4.78 is 4.92. The number of rotatable bonds is 6. The predicted octanol–water partition coefficient (Wildman–Crippen LogP) is 2.59. The Bertz CT molecular complexity index is 679. The van der Waals surface area contributed by atoms with Crippen molar-refractivity contribution >= 4 is 18.0 Å². The van der Waals surface area contributed by atoms with Crippen LogP contribution in [-0.4, -0.2) is 23.5 Å². The molecule has 1 heterocycles. The number of carbonyl (C=O) groups is 2. The summed E-state index contributed by atoms with van der Waals surface area (Å²) in [5, 5.41) is 2.78. The smallest absolute Gasteiger partial charge is 0.338 e. The summed E-state index contributed by atoms with van der Waals surface area (Å²) in [6.07, 6.45) is 6.52. The number of pyridine rings is 1. The SMILES string of the molecule is CCOC(=O)c1ccc(CNC(=O)/C=C/c2cccnc2)cc1. The number of nitrogens with zero attached hydrogens (tertiary/aromatic N) is 1. The summed E-state index contributed by atoms with van der Waals surface area (Å²) in [5.74, 6) is -0.536. The molecule has 0 aliphatic rings. The number of hydrogen-bond donors (Lipinski definition) is 1. The van der Waals surface area contributed by atoms with E-state index in [-0.39, 0.29) is 11.9 Å². The van der Waals surface area contributed by atoms with Crippen LogP contribution in [0.1, 0.15) is 28.4 Å². The van der Waals surface area contributed by atoms with Crippen molar-refractivity contribution in [2.75, 3.05) is 6.61 Å². The molecule has 0 fully saturated rings. The van der Waals surface area contributed by atoms with E-state index in [2.05, 4.69) is 10.3 Å². The van der Waals surface area contributed by atoms with Crippen LogP contribution in [0.25, 0.3) is 6.08 Å². The maximum Gasteiger partial charge on any atom is 0.338 e. The molecule has 0 saturated heterocycles. The Morgan fingerprint density at radius 1 is 1.22 bits per heavy atom. The maximum atomic E-state index is 11.8. The van der Waals surface area contributed by atoms with E-state index in [1.807, 2.05) is 12.1 Å². The topological polar surface area (TPSA) is 68.3 Å². The van der Waals surface area contributed by atoms with E-state index in [0.717, 1.165) is 11.1 Å². The van der Waals surface area contributed by atoms with Crippen LogP contribution in [-0.2, 0) is 16.1 Å². The molecule has 0 saturated carbocycles. The van der Waals surface area contributed by atoms with E-state index < -0.39 is 0 Å². The summed E-state index contributed by atoms with van der Waals surface area (Å²) in [4.78, 5) is 27.3. The lowest BCUT2D eigenvalue weighted by Crippen LogP contribution is -2.20. The number of ether oxygens (including phenoxy) is 1. The van der Waals surface area contributed by atoms with Crippen molar-refractivity contribution in [2.24, 2.45) is 0 Å². The quantitative estimate of drug-likeness (QED) is 0.658. The molecule has 1 amide bonds. The molecule has 118 valence electrons. The van der Waals surface area contributed by atoms with Gasteiger partial charge in [-0.15, -0.1) is 0 Å². The van der Waals surface area contributed by atoms with Crippen molar-refractivity contribution < 1.29 is 14.3 Å². The Balaban J connectivity index is 1.84. The number of benzene rings is 1. The molecule has 0 bridgehead atoms. The second kappa shape index (κ2) is 8.48. The number of aromatic nitrogens is 1. The highest BCUT2D eigenvalue weighted by atomic mass is 16.5. The van der Waals surface area contributed by atoms with Gasteiger partial charge in [0.15, 0.2) is 0 Å². The Kier molecular flexibility index (Phi) is 6.06. The number of carbonyl (C=O) groups excluding carboxylic acids is 2. The number of hydrogen-bond acceptors (Lipinski definition) is 4. The normalized spacial score (nSPS) is 10.5. The third-order valence-electron chi connectivity index (χ3n) is 3.04. The Morgan fingerprint density at radius 2 is 2.00 bits per heavy atom. The highest BCUT2D eigenvalue weighted by molar-refractivity contribution is 5.91. The molecule has 23 heavy (non-hydrogen) atoms. The lowest BCUT2D eigenvalue weighted by molar-refractivity contribution is -0.116. The zero-order valence-electron chi connectivity index (χ0n) is 12.9. The van der Waals surface area contributed by atoms with Gasteiger partial charge in [0.2, 0.25) is 5.91 Å². The lowest BCUT2D eigenvalue weighted by atomic mass is 10.1. The highest BCUT2D eigenvalue weighted by Crippen LogP contribution is 2.06. The van der Waals surface area contributed by atoms with Crippen LogP contribution in [0.4, 0.5) is 0 Å². The average Bonchev–Trinajstić information content (AvgIpc) is 2.59. The molecule has 0 atom stereocenters. The van der Waals surface area contributed by atoms with Gasteiger partial charge in [0, 0.05) is 25.0 Å². The number of esters is 1. The molecule has 1 aromatic carbocycles. The van der Waals surface area contributed by atoms with Crippen LogP contribution < -0.4 is 5.32 Å². The first-order chi connectivity index (χ1) is 11.2. The van der Waals surface area contributed by atoms with E-state index in [4.69, 9.17) is 4.74 Å². The van der Waals surface area contributed by atoms with Crippen LogP contribution in [0.2, 0.25) is 0 Å². The third kappa shape index (κ3) is 5.39. The first-order valence-electron chi connectivity index (χ1n) is 7.31. The molecule has 5 heteroatoms. The van der Waals surface area contributed by atoms with Crippen LogP contribution in [0, 0.1) is 0 Å². The molecule has 0 aliphatic carbocycles. The van der Waals surface area contributed by atoms with Gasteiger partial charge in [0.1, 0.15) is 0 Å². The minimum atomic E-state index is -0.345. The van der Waals surface area contributed by atoms with Crippen LogP contribution in [0.15, 0.2) is 54.9 Å². The van der Waals surface area contributed by atoms with E-state index in [0.29, 0.717) is 18.7 Å². The second-order valence-corrected chi connectivity index (χ2v) is 4.75. The molecule has 0 radical (unpaired) electrons. The van der Waals surface area contributed by atoms with E-state index in [9.17, 15) is 9.59 Å². The third-order valence-corrected chi connectivity index (χ3v) is 3.04. The van der Waals surface area contributed by atoms with E-state index >= 15 is 0 Å². The van der Waals surface area contributed by atoms with Crippen LogP contribution in [0.3, 0.4) is 0 Å². The van der Waals surface area contributed by atoms with Gasteiger partial charge in [-0.1, -0.05) is 18.2 Å². The first kappa shape index (κ1) is 16.4. The van der Waals surface area contributed by atoms with Gasteiger partial charge in [-0.3, -0.25) is 9.78 Å². The largest absolute Gasteiger partial charge is 0.462 e. The fourth-order valence-corrected chi connectivity index (χ4v) is 1.87. The van der Waals surface area contributed by atoms with Crippen molar-refractivity contribution in [3.05, 3.63) is 71.6 Å². The van der Waals surface area contributed by atoms with Crippen molar-refractivity contribution in [3.63, 3.8) is 0 Å². The Labute approximate surface area is 135 Å². The summed E-state index contributed by atoms with van der Waals surface area (Å²) in [7, 11) is 0. The average molecular weight is 310 g/mol. The summed E-state index contributed by atoms with van der Waals surface area (Å²) in [6, 6.07) is 10.6. The zero-order valence-corrected chi connectivity index (χ0v) is 12.9. The van der Waals surface area contributed by atoms with Crippen molar-refractivity contribution in [1.29, 1.82) is 0 Å². The standard InChI is InChI=1S/C18H18N2O3/c1-2-23-18(22)16-8-5-15(6-9-16)13-20-17(21)10-7-14-4-3-11-19-12-14/h3-12H,2,13H2,1H3,(H,20,21)/b10-7+. The molecule has 1 N–H and O–H groups in total. The maximum absolute atomic E-state index is 11.8. The molecule has 2 rings (SSSR count). The Hall–Kier alpha value is -2.95. The van der Waals surface area contributed by atoms with E-state index in [1.165, 1.54) is 6.08 Å². The van der Waals surface area contributed by atoms with Gasteiger partial charge in [0.25, 0.3) is 0 Å². The minimum Gasteiger partial charge on any atom is -0.462 e. The van der Waals surface area contributed by atoms with E-state index in [1.54, 1.807) is 49.7 Å². The first-order valence-corrected chi connectivity index (χ1v) is 7.31. The number of amides is 1. The molecule has 5 nitrogen and oxygen atoms in total. The van der Waals surface area contributed by atoms with Crippen LogP contribution in [0.5, 0.6) is 0 Å². The lowest BCUT2D eigenvalue weighted by Gasteiger charge is -2.05. The second-order valence-electron chi connectivity index (χ2n) is 4.75. The van der Waals surface area contributed by atoms with Crippen molar-refractivity contribution in [1.82, 2.24) is 10.3 Å². The fraction of sp³-hybridized carbons (Fsp3) is 0.167. The molecular formula is C18H18N2O3. The van der Waals surface area contributed by atoms with Crippen LogP contribution >= 0.6 is 0 Å². The monoisotopic (exact) mass is 310 g/mol.